The summed E-state index contributed by atoms with van der Waals surface area (Å²) in [6.07, 6.45) is 2.94. The number of rotatable bonds is 4. The normalized spacial score (nSPS) is 14.1. The van der Waals surface area contributed by atoms with E-state index >= 15 is 0 Å². The van der Waals surface area contributed by atoms with Crippen molar-refractivity contribution in [3.05, 3.63) is 53.7 Å². The average molecular weight is 536 g/mol. The van der Waals surface area contributed by atoms with Crippen molar-refractivity contribution in [3.63, 3.8) is 0 Å². The van der Waals surface area contributed by atoms with Crippen molar-refractivity contribution in [1.82, 2.24) is 24.5 Å². The molecule has 2 amide bonds. The summed E-state index contributed by atoms with van der Waals surface area (Å²) >= 11 is 0. The van der Waals surface area contributed by atoms with Crippen LogP contribution in [-0.2, 0) is 4.74 Å². The largest absolute Gasteiger partial charge is 0.480 e. The summed E-state index contributed by atoms with van der Waals surface area (Å²) in [6, 6.07) is 6.47. The van der Waals surface area contributed by atoms with E-state index in [1.54, 1.807) is 36.4 Å². The quantitative estimate of drug-likeness (QED) is 0.417. The summed E-state index contributed by atoms with van der Waals surface area (Å²) in [7, 11) is 1.49. The second-order valence-electron chi connectivity index (χ2n) is 10.4. The minimum absolute atomic E-state index is 0.185. The zero-order valence-electron chi connectivity index (χ0n) is 22.5. The Hall–Kier alpha value is -4.48. The minimum Gasteiger partial charge on any atom is -0.480 e. The zero-order valence-corrected chi connectivity index (χ0v) is 22.5. The van der Waals surface area contributed by atoms with Crippen LogP contribution in [0.5, 0.6) is 5.88 Å². The molecule has 5 rings (SSSR count). The number of hydrogen-bond acceptors (Lipinski definition) is 8. The van der Waals surface area contributed by atoms with Gasteiger partial charge in [0.05, 0.1) is 24.1 Å². The van der Waals surface area contributed by atoms with Crippen molar-refractivity contribution in [1.29, 1.82) is 0 Å². The van der Waals surface area contributed by atoms with Crippen molar-refractivity contribution in [2.75, 3.05) is 43.5 Å². The van der Waals surface area contributed by atoms with E-state index in [1.807, 2.05) is 26.8 Å². The predicted molar refractivity (Wildman–Crippen MR) is 144 cm³/mol. The maximum absolute atomic E-state index is 14.6. The molecule has 0 bridgehead atoms. The topological polar surface area (TPSA) is 114 Å². The lowest BCUT2D eigenvalue weighted by Gasteiger charge is -2.37. The molecule has 3 aromatic heterocycles. The molecule has 12 heteroatoms. The third kappa shape index (κ3) is 5.40. The van der Waals surface area contributed by atoms with Gasteiger partial charge in [-0.15, -0.1) is 10.2 Å². The number of amides is 2. The molecule has 4 heterocycles. The maximum Gasteiger partial charge on any atom is 0.410 e. The Labute approximate surface area is 224 Å². The molecule has 0 aliphatic carbocycles. The Morgan fingerprint density at radius 2 is 1.79 bits per heavy atom. The fourth-order valence-corrected chi connectivity index (χ4v) is 4.56. The van der Waals surface area contributed by atoms with E-state index in [-0.39, 0.29) is 23.0 Å². The lowest BCUT2D eigenvalue weighted by Crippen LogP contribution is -2.50. The SMILES string of the molecule is COc1cc2c(N3CCN(C(=O)OC(C)(C)C)CC3)ccc(C(=O)Nc3cc(F)c4nc(C)cn4c3)c2nn1. The van der Waals surface area contributed by atoms with Crippen LogP contribution in [0.1, 0.15) is 36.8 Å². The first-order chi connectivity index (χ1) is 18.5. The van der Waals surface area contributed by atoms with Crippen LogP contribution < -0.4 is 15.0 Å². The molecule has 4 aromatic rings. The van der Waals surface area contributed by atoms with Gasteiger partial charge < -0.3 is 29.0 Å². The molecule has 39 heavy (non-hydrogen) atoms. The lowest BCUT2D eigenvalue weighted by atomic mass is 10.1. The number of hydrogen-bond donors (Lipinski definition) is 1. The highest BCUT2D eigenvalue weighted by Crippen LogP contribution is 2.31. The van der Waals surface area contributed by atoms with E-state index < -0.39 is 17.3 Å². The number of nitrogens with zero attached hydrogens (tertiary/aromatic N) is 6. The molecular formula is C27H30FN7O4. The van der Waals surface area contributed by atoms with Crippen molar-refractivity contribution in [2.24, 2.45) is 0 Å². The number of fused-ring (bicyclic) bond motifs is 2. The van der Waals surface area contributed by atoms with Crippen molar-refractivity contribution in [2.45, 2.75) is 33.3 Å². The molecule has 11 nitrogen and oxygen atoms in total. The van der Waals surface area contributed by atoms with Crippen molar-refractivity contribution in [3.8, 4) is 5.88 Å². The molecule has 0 unspecified atom stereocenters. The second-order valence-corrected chi connectivity index (χ2v) is 10.4. The molecule has 0 atom stereocenters. The van der Waals surface area contributed by atoms with Crippen LogP contribution in [0.15, 0.2) is 36.7 Å². The van der Waals surface area contributed by atoms with Gasteiger partial charge in [-0.05, 0) is 39.8 Å². The highest BCUT2D eigenvalue weighted by molar-refractivity contribution is 6.14. The number of benzene rings is 1. The van der Waals surface area contributed by atoms with Crippen LogP contribution in [0.4, 0.5) is 20.6 Å². The highest BCUT2D eigenvalue weighted by Gasteiger charge is 2.27. The number of anilines is 2. The number of piperazine rings is 1. The molecule has 1 aromatic carbocycles. The van der Waals surface area contributed by atoms with Gasteiger partial charge in [-0.25, -0.2) is 14.2 Å². The summed E-state index contributed by atoms with van der Waals surface area (Å²) < 4.78 is 26.9. The van der Waals surface area contributed by atoms with Crippen LogP contribution in [0.25, 0.3) is 16.6 Å². The first-order valence-corrected chi connectivity index (χ1v) is 12.6. The number of aryl methyl sites for hydroxylation is 1. The van der Waals surface area contributed by atoms with Gasteiger partial charge in [0.15, 0.2) is 11.5 Å². The molecule has 1 fully saturated rings. The van der Waals surface area contributed by atoms with E-state index in [1.165, 1.54) is 17.6 Å². The average Bonchev–Trinajstić information content (AvgIpc) is 3.27. The molecule has 1 aliphatic rings. The summed E-state index contributed by atoms with van der Waals surface area (Å²) in [5.41, 5.74) is 2.05. The summed E-state index contributed by atoms with van der Waals surface area (Å²) in [4.78, 5) is 33.8. The number of imidazole rings is 1. The first-order valence-electron chi connectivity index (χ1n) is 12.6. The van der Waals surface area contributed by atoms with Gasteiger partial charge in [0.2, 0.25) is 5.88 Å². The summed E-state index contributed by atoms with van der Waals surface area (Å²) in [5, 5.41) is 11.8. The van der Waals surface area contributed by atoms with Crippen LogP contribution >= 0.6 is 0 Å². The third-order valence-electron chi connectivity index (χ3n) is 6.32. The van der Waals surface area contributed by atoms with Crippen LogP contribution in [-0.4, -0.2) is 75.4 Å². The number of methoxy groups -OCH3 is 1. The van der Waals surface area contributed by atoms with E-state index in [4.69, 9.17) is 9.47 Å². The fourth-order valence-electron chi connectivity index (χ4n) is 4.56. The zero-order chi connectivity index (χ0) is 27.9. The number of ether oxygens (including phenoxy) is 2. The van der Waals surface area contributed by atoms with Gasteiger partial charge in [0.1, 0.15) is 11.1 Å². The van der Waals surface area contributed by atoms with Crippen molar-refractivity contribution < 1.29 is 23.5 Å². The third-order valence-corrected chi connectivity index (χ3v) is 6.32. The van der Waals surface area contributed by atoms with Crippen LogP contribution in [0.3, 0.4) is 0 Å². The Morgan fingerprint density at radius 1 is 1.05 bits per heavy atom. The number of carbonyl (C=O) groups is 2. The van der Waals surface area contributed by atoms with E-state index in [0.717, 1.165) is 5.69 Å². The van der Waals surface area contributed by atoms with E-state index in [2.05, 4.69) is 25.4 Å². The van der Waals surface area contributed by atoms with Crippen LogP contribution in [0, 0.1) is 12.7 Å². The Morgan fingerprint density at radius 3 is 2.49 bits per heavy atom. The van der Waals surface area contributed by atoms with Gasteiger partial charge in [0.25, 0.3) is 5.91 Å². The monoisotopic (exact) mass is 535 g/mol. The predicted octanol–water partition coefficient (Wildman–Crippen LogP) is 4.04. The molecule has 0 radical (unpaired) electrons. The number of aromatic nitrogens is 4. The molecule has 1 saturated heterocycles. The summed E-state index contributed by atoms with van der Waals surface area (Å²) in [6.45, 7) is 9.38. The Bertz CT molecular complexity index is 1570. The number of pyridine rings is 1. The van der Waals surface area contributed by atoms with Gasteiger partial charge in [-0.3, -0.25) is 4.79 Å². The lowest BCUT2D eigenvalue weighted by molar-refractivity contribution is 0.0240. The number of nitrogens with one attached hydrogen (secondary N) is 1. The molecular weight excluding hydrogens is 505 g/mol. The minimum atomic E-state index is -0.564. The number of carbonyl (C=O) groups excluding carboxylic acids is 2. The van der Waals surface area contributed by atoms with E-state index in [0.29, 0.717) is 48.7 Å². The van der Waals surface area contributed by atoms with Gasteiger partial charge in [-0.1, -0.05) is 0 Å². The van der Waals surface area contributed by atoms with Crippen LogP contribution in [0.2, 0.25) is 0 Å². The molecule has 0 spiro atoms. The number of halogens is 1. The second kappa shape index (κ2) is 10.0. The van der Waals surface area contributed by atoms with E-state index in [9.17, 15) is 14.0 Å². The standard InChI is InChI=1S/C27H30FN7O4/c1-16-14-35-15-17(12-20(28)24(35)29-16)30-25(36)18-6-7-21(19-13-22(38-5)31-32-23(18)19)33-8-10-34(11-9-33)26(37)39-27(2,3)4/h6-7,12-15H,8-11H2,1-5H3,(H,30,36). The molecule has 0 saturated carbocycles. The van der Waals surface area contributed by atoms with Gasteiger partial charge >= 0.3 is 6.09 Å². The highest BCUT2D eigenvalue weighted by atomic mass is 19.1. The smallest absolute Gasteiger partial charge is 0.410 e. The first kappa shape index (κ1) is 26.1. The van der Waals surface area contributed by atoms with Crippen molar-refractivity contribution >= 4 is 39.9 Å². The summed E-state index contributed by atoms with van der Waals surface area (Å²) in [5.74, 6) is -0.704. The van der Waals surface area contributed by atoms with Gasteiger partial charge in [0, 0.05) is 61.8 Å². The van der Waals surface area contributed by atoms with Gasteiger partial charge in [-0.2, -0.15) is 0 Å². The molecule has 1 N–H and O–H groups in total. The maximum atomic E-state index is 14.6. The molecule has 1 aliphatic heterocycles. The molecule has 204 valence electrons. The Balaban J connectivity index is 1.42. The Kier molecular flexibility index (Phi) is 6.71. The fraction of sp³-hybridized carbons (Fsp3) is 0.370.